The Kier molecular flexibility index (Phi) is 6.63. The minimum Gasteiger partial charge on any atom is -0.483 e. The molecule has 1 aromatic carbocycles. The van der Waals surface area contributed by atoms with Crippen molar-refractivity contribution in [3.05, 3.63) is 47.0 Å². The highest BCUT2D eigenvalue weighted by Crippen LogP contribution is 2.21. The van der Waals surface area contributed by atoms with E-state index in [1.165, 1.54) is 0 Å². The van der Waals surface area contributed by atoms with E-state index >= 15 is 0 Å². The van der Waals surface area contributed by atoms with Gasteiger partial charge in [-0.3, -0.25) is 4.79 Å². The number of halogens is 1. The third kappa shape index (κ3) is 5.54. The predicted molar refractivity (Wildman–Crippen MR) is 94.2 cm³/mol. The lowest BCUT2D eigenvalue weighted by molar-refractivity contribution is -0.134. The number of amides is 1. The molecule has 0 aliphatic heterocycles. The van der Waals surface area contributed by atoms with Crippen LogP contribution in [-0.4, -0.2) is 59.5 Å². The number of imidazole rings is 1. The van der Waals surface area contributed by atoms with E-state index in [2.05, 4.69) is 9.97 Å². The van der Waals surface area contributed by atoms with Gasteiger partial charge in [-0.2, -0.15) is 0 Å². The normalized spacial score (nSPS) is 10.9. The number of aromatic amines is 1. The number of benzene rings is 1. The first kappa shape index (κ1) is 18.3. The second-order valence-electron chi connectivity index (χ2n) is 5.89. The molecular weight excluding hydrogens is 328 g/mol. The predicted octanol–water partition coefficient (Wildman–Crippen LogP) is 2.34. The van der Waals surface area contributed by atoms with Crippen LogP contribution >= 0.6 is 11.6 Å². The Labute approximate surface area is 147 Å². The van der Waals surface area contributed by atoms with Crippen LogP contribution in [0.5, 0.6) is 5.75 Å². The lowest BCUT2D eigenvalue weighted by atomic mass is 10.2. The van der Waals surface area contributed by atoms with Crippen LogP contribution in [0, 0.1) is 6.92 Å². The number of H-pyrrole nitrogens is 1. The van der Waals surface area contributed by atoms with Gasteiger partial charge in [0.1, 0.15) is 5.75 Å². The van der Waals surface area contributed by atoms with Crippen LogP contribution in [0.1, 0.15) is 11.3 Å². The molecule has 2 aromatic rings. The molecule has 7 heteroatoms. The second kappa shape index (κ2) is 8.70. The molecule has 1 N–H and O–H groups in total. The number of likely N-dealkylation sites (N-methyl/N-ethyl adjacent to an activating group) is 1. The summed E-state index contributed by atoms with van der Waals surface area (Å²) in [6.45, 7) is 3.77. The van der Waals surface area contributed by atoms with Gasteiger partial charge in [-0.15, -0.1) is 0 Å². The monoisotopic (exact) mass is 350 g/mol. The van der Waals surface area contributed by atoms with E-state index in [1.807, 2.05) is 32.0 Å². The number of nitrogens with zero attached hydrogens (tertiary/aromatic N) is 3. The third-order valence-corrected chi connectivity index (χ3v) is 3.81. The van der Waals surface area contributed by atoms with Crippen LogP contribution in [0.15, 0.2) is 30.7 Å². The van der Waals surface area contributed by atoms with E-state index in [0.717, 1.165) is 17.8 Å². The zero-order valence-corrected chi connectivity index (χ0v) is 15.0. The molecule has 0 aliphatic carbocycles. The molecule has 24 heavy (non-hydrogen) atoms. The summed E-state index contributed by atoms with van der Waals surface area (Å²) < 4.78 is 5.67. The van der Waals surface area contributed by atoms with Gasteiger partial charge >= 0.3 is 0 Å². The number of carbonyl (C=O) groups is 1. The molecule has 2 rings (SSSR count). The van der Waals surface area contributed by atoms with Crippen LogP contribution in [0.4, 0.5) is 0 Å². The molecule has 0 atom stereocenters. The molecule has 0 spiro atoms. The Hall–Kier alpha value is -2.05. The van der Waals surface area contributed by atoms with Crippen molar-refractivity contribution in [3.63, 3.8) is 0 Å². The molecule has 0 saturated heterocycles. The Morgan fingerprint density at radius 1 is 1.33 bits per heavy atom. The molecular formula is C17H23ClN4O2. The van der Waals surface area contributed by atoms with E-state index < -0.39 is 0 Å². The third-order valence-electron chi connectivity index (χ3n) is 3.57. The summed E-state index contributed by atoms with van der Waals surface area (Å²) in [4.78, 5) is 23.4. The number of aromatic nitrogens is 2. The summed E-state index contributed by atoms with van der Waals surface area (Å²) in [5.41, 5.74) is 1.80. The topological polar surface area (TPSA) is 61.5 Å². The summed E-state index contributed by atoms with van der Waals surface area (Å²) in [7, 11) is 3.96. The zero-order chi connectivity index (χ0) is 17.5. The largest absolute Gasteiger partial charge is 0.483 e. The minimum absolute atomic E-state index is 0.00988. The molecule has 1 amide bonds. The first-order valence-corrected chi connectivity index (χ1v) is 8.12. The quantitative estimate of drug-likeness (QED) is 0.793. The van der Waals surface area contributed by atoms with Gasteiger partial charge in [0.05, 0.1) is 18.6 Å². The molecule has 6 nitrogen and oxygen atoms in total. The molecule has 0 bridgehead atoms. The van der Waals surface area contributed by atoms with Gasteiger partial charge in [0.15, 0.2) is 6.61 Å². The first-order chi connectivity index (χ1) is 11.5. The highest BCUT2D eigenvalue weighted by Gasteiger charge is 2.16. The van der Waals surface area contributed by atoms with Gasteiger partial charge in [0, 0.05) is 24.3 Å². The fraction of sp³-hybridized carbons (Fsp3) is 0.412. The SMILES string of the molecule is Cc1cc(Cl)ccc1OCC(=O)N(CCN(C)C)Cc1cnc[nH]1. The average Bonchev–Trinajstić information content (AvgIpc) is 3.03. The number of carbonyl (C=O) groups excluding carboxylic acids is 1. The summed E-state index contributed by atoms with van der Waals surface area (Å²) in [5, 5.41) is 0.651. The molecule has 0 unspecified atom stereocenters. The van der Waals surface area contributed by atoms with Crippen molar-refractivity contribution >= 4 is 17.5 Å². The van der Waals surface area contributed by atoms with E-state index in [1.54, 1.807) is 29.6 Å². The van der Waals surface area contributed by atoms with Crippen LogP contribution in [0.2, 0.25) is 5.02 Å². The van der Waals surface area contributed by atoms with Crippen molar-refractivity contribution in [1.29, 1.82) is 0 Å². The Balaban J connectivity index is 1.97. The number of hydrogen-bond donors (Lipinski definition) is 1. The van der Waals surface area contributed by atoms with E-state index in [0.29, 0.717) is 23.9 Å². The van der Waals surface area contributed by atoms with Crippen LogP contribution in [0.3, 0.4) is 0 Å². The highest BCUT2D eigenvalue weighted by molar-refractivity contribution is 6.30. The maximum atomic E-state index is 12.6. The molecule has 130 valence electrons. The minimum atomic E-state index is -0.0687. The average molecular weight is 351 g/mol. The maximum Gasteiger partial charge on any atom is 0.260 e. The van der Waals surface area contributed by atoms with E-state index in [4.69, 9.17) is 16.3 Å². The Morgan fingerprint density at radius 2 is 2.12 bits per heavy atom. The smallest absolute Gasteiger partial charge is 0.260 e. The second-order valence-corrected chi connectivity index (χ2v) is 6.33. The van der Waals surface area contributed by atoms with Crippen molar-refractivity contribution < 1.29 is 9.53 Å². The molecule has 0 fully saturated rings. The first-order valence-electron chi connectivity index (χ1n) is 7.74. The molecule has 0 aliphatic rings. The lowest BCUT2D eigenvalue weighted by Gasteiger charge is -2.24. The number of nitrogens with one attached hydrogen (secondary N) is 1. The maximum absolute atomic E-state index is 12.6. The van der Waals surface area contributed by atoms with Crippen molar-refractivity contribution in [1.82, 2.24) is 19.8 Å². The van der Waals surface area contributed by atoms with Gasteiger partial charge in [-0.25, -0.2) is 4.98 Å². The van der Waals surface area contributed by atoms with Crippen LogP contribution in [0.25, 0.3) is 0 Å². The van der Waals surface area contributed by atoms with Crippen molar-refractivity contribution in [2.75, 3.05) is 33.8 Å². The Bertz CT molecular complexity index is 659. The van der Waals surface area contributed by atoms with Crippen molar-refractivity contribution in [3.8, 4) is 5.75 Å². The lowest BCUT2D eigenvalue weighted by Crippen LogP contribution is -2.39. The Morgan fingerprint density at radius 3 is 2.75 bits per heavy atom. The summed E-state index contributed by atoms with van der Waals surface area (Å²) >= 11 is 5.94. The molecule has 0 saturated carbocycles. The van der Waals surface area contributed by atoms with Crippen LogP contribution < -0.4 is 4.74 Å². The van der Waals surface area contributed by atoms with E-state index in [9.17, 15) is 4.79 Å². The van der Waals surface area contributed by atoms with Gasteiger partial charge < -0.3 is 19.5 Å². The molecule has 1 aromatic heterocycles. The van der Waals surface area contributed by atoms with Gasteiger partial charge in [0.25, 0.3) is 5.91 Å². The number of rotatable bonds is 8. The summed E-state index contributed by atoms with van der Waals surface area (Å²) in [6.07, 6.45) is 3.33. The van der Waals surface area contributed by atoms with Crippen LogP contribution in [-0.2, 0) is 11.3 Å². The standard InChI is InChI=1S/C17H23ClN4O2/c1-13-8-14(18)4-5-16(13)24-11-17(23)22(7-6-21(2)3)10-15-9-19-12-20-15/h4-5,8-9,12H,6-7,10-11H2,1-3H3,(H,19,20). The van der Waals surface area contributed by atoms with E-state index in [-0.39, 0.29) is 12.5 Å². The van der Waals surface area contributed by atoms with Gasteiger partial charge in [0.2, 0.25) is 0 Å². The van der Waals surface area contributed by atoms with Gasteiger partial charge in [-0.05, 0) is 44.8 Å². The summed E-state index contributed by atoms with van der Waals surface area (Å²) in [6, 6.07) is 5.35. The molecule has 1 heterocycles. The zero-order valence-electron chi connectivity index (χ0n) is 14.3. The van der Waals surface area contributed by atoms with Crippen molar-refractivity contribution in [2.45, 2.75) is 13.5 Å². The highest BCUT2D eigenvalue weighted by atomic mass is 35.5. The number of hydrogen-bond acceptors (Lipinski definition) is 4. The fourth-order valence-electron chi connectivity index (χ4n) is 2.19. The number of ether oxygens (including phenoxy) is 1. The summed E-state index contributed by atoms with van der Waals surface area (Å²) in [5.74, 6) is 0.600. The van der Waals surface area contributed by atoms with Crippen molar-refractivity contribution in [2.24, 2.45) is 0 Å². The fourth-order valence-corrected chi connectivity index (χ4v) is 2.42. The molecule has 0 radical (unpaired) electrons. The van der Waals surface area contributed by atoms with Gasteiger partial charge in [-0.1, -0.05) is 11.6 Å². The number of aryl methyl sites for hydroxylation is 1.